The van der Waals surface area contributed by atoms with Gasteiger partial charge in [-0.15, -0.1) is 0 Å². The zero-order chi connectivity index (χ0) is 14.7. The van der Waals surface area contributed by atoms with E-state index in [0.29, 0.717) is 10.7 Å². The molecular weight excluding hydrogens is 329 g/mol. The summed E-state index contributed by atoms with van der Waals surface area (Å²) in [7, 11) is 0. The van der Waals surface area contributed by atoms with Crippen LogP contribution in [0.25, 0.3) is 0 Å². The summed E-state index contributed by atoms with van der Waals surface area (Å²) in [5.41, 5.74) is 2.89. The smallest absolute Gasteiger partial charge is 0.132 e. The molecule has 0 unspecified atom stereocenters. The van der Waals surface area contributed by atoms with Crippen LogP contribution in [0, 0.1) is 11.6 Å². The second-order valence-corrected chi connectivity index (χ2v) is 5.03. The van der Waals surface area contributed by atoms with Gasteiger partial charge < -0.3 is 0 Å². The molecule has 2 aromatic carbocycles. The van der Waals surface area contributed by atoms with Gasteiger partial charge in [-0.1, -0.05) is 34.8 Å². The molecule has 20 heavy (non-hydrogen) atoms. The maximum atomic E-state index is 13.4. The first-order chi connectivity index (χ1) is 9.47. The van der Waals surface area contributed by atoms with E-state index in [0.717, 1.165) is 24.4 Å². The molecule has 2 rings (SSSR count). The van der Waals surface area contributed by atoms with E-state index in [9.17, 15) is 8.78 Å². The number of benzene rings is 2. The molecule has 0 fully saturated rings. The molecule has 0 aromatic heterocycles. The first-order valence-corrected chi connectivity index (χ1v) is 6.49. The summed E-state index contributed by atoms with van der Waals surface area (Å²) in [4.78, 5) is 0. The lowest BCUT2D eigenvalue weighted by molar-refractivity contribution is 0.598. The lowest BCUT2D eigenvalue weighted by Gasteiger charge is -2.06. The predicted octanol–water partition coefficient (Wildman–Crippen LogP) is 5.37. The number of hydrazone groups is 1. The molecule has 0 saturated heterocycles. The van der Waals surface area contributed by atoms with Crippen LogP contribution in [0.2, 0.25) is 15.1 Å². The number of hydrogen-bond donors (Lipinski definition) is 1. The van der Waals surface area contributed by atoms with E-state index < -0.39 is 11.6 Å². The van der Waals surface area contributed by atoms with Crippen LogP contribution in [0.1, 0.15) is 5.56 Å². The fourth-order valence-corrected chi connectivity index (χ4v) is 2.33. The number of halogens is 5. The molecular formula is C13H7Cl3F2N2. The van der Waals surface area contributed by atoms with Crippen LogP contribution in [-0.4, -0.2) is 6.21 Å². The maximum Gasteiger partial charge on any atom is 0.132 e. The molecule has 0 heterocycles. The monoisotopic (exact) mass is 334 g/mol. The molecule has 2 aromatic rings. The van der Waals surface area contributed by atoms with E-state index in [1.807, 2.05) is 0 Å². The van der Waals surface area contributed by atoms with Gasteiger partial charge >= 0.3 is 0 Å². The number of nitrogens with one attached hydrogen (secondary N) is 1. The van der Waals surface area contributed by atoms with Gasteiger partial charge in [-0.25, -0.2) is 8.78 Å². The first-order valence-electron chi connectivity index (χ1n) is 5.36. The number of nitrogens with zero attached hydrogens (tertiary/aromatic N) is 1. The molecule has 1 N–H and O–H groups in total. The molecule has 0 saturated carbocycles. The van der Waals surface area contributed by atoms with Crippen molar-refractivity contribution < 1.29 is 8.78 Å². The summed E-state index contributed by atoms with van der Waals surface area (Å²) >= 11 is 17.6. The van der Waals surface area contributed by atoms with E-state index in [1.54, 1.807) is 0 Å². The van der Waals surface area contributed by atoms with Crippen molar-refractivity contribution in [3.8, 4) is 0 Å². The third-order valence-corrected chi connectivity index (χ3v) is 3.16. The van der Waals surface area contributed by atoms with E-state index >= 15 is 0 Å². The van der Waals surface area contributed by atoms with Crippen LogP contribution in [0.5, 0.6) is 0 Å². The second-order valence-electron chi connectivity index (χ2n) is 3.78. The highest BCUT2D eigenvalue weighted by atomic mass is 35.5. The van der Waals surface area contributed by atoms with Crippen LogP contribution in [0.4, 0.5) is 14.5 Å². The molecule has 0 amide bonds. The van der Waals surface area contributed by atoms with Crippen molar-refractivity contribution in [1.82, 2.24) is 0 Å². The Labute approximate surface area is 129 Å². The van der Waals surface area contributed by atoms with Gasteiger partial charge in [0.25, 0.3) is 0 Å². The molecule has 0 bridgehead atoms. The Morgan fingerprint density at radius 1 is 1.00 bits per heavy atom. The summed E-state index contributed by atoms with van der Waals surface area (Å²) < 4.78 is 26.3. The summed E-state index contributed by atoms with van der Waals surface area (Å²) in [6, 6.07) is 6.02. The summed E-state index contributed by atoms with van der Waals surface area (Å²) in [6.45, 7) is 0. The van der Waals surface area contributed by atoms with Crippen molar-refractivity contribution in [3.05, 3.63) is 62.6 Å². The topological polar surface area (TPSA) is 24.4 Å². The standard InChI is InChI=1S/C13H7Cl3F2N2/c14-8-4-10(15)13(11(16)5-8)20-19-6-7-3-9(17)1-2-12(7)18/h1-6,20H/b19-6+. The molecule has 7 heteroatoms. The van der Waals surface area contributed by atoms with Gasteiger partial charge in [0.05, 0.1) is 21.9 Å². The van der Waals surface area contributed by atoms with Crippen molar-refractivity contribution in [3.63, 3.8) is 0 Å². The normalized spacial score (nSPS) is 11.1. The SMILES string of the molecule is Fc1ccc(F)c(/C=N/Nc2c(Cl)cc(Cl)cc2Cl)c1. The molecule has 0 aliphatic heterocycles. The van der Waals surface area contributed by atoms with Gasteiger partial charge in [0.2, 0.25) is 0 Å². The second kappa shape index (κ2) is 6.39. The fraction of sp³-hybridized carbons (Fsp3) is 0. The molecule has 0 radical (unpaired) electrons. The van der Waals surface area contributed by atoms with Crippen molar-refractivity contribution in [1.29, 1.82) is 0 Å². The minimum Gasteiger partial charge on any atom is -0.275 e. The molecule has 104 valence electrons. The first kappa shape index (κ1) is 15.0. The zero-order valence-corrected chi connectivity index (χ0v) is 12.1. The maximum absolute atomic E-state index is 13.4. The van der Waals surface area contributed by atoms with Gasteiger partial charge in [-0.05, 0) is 30.3 Å². The van der Waals surface area contributed by atoms with Gasteiger partial charge in [0.1, 0.15) is 11.6 Å². The molecule has 0 aliphatic rings. The van der Waals surface area contributed by atoms with Crippen LogP contribution in [0.3, 0.4) is 0 Å². The fourth-order valence-electron chi connectivity index (χ4n) is 1.43. The number of anilines is 1. The number of hydrogen-bond acceptors (Lipinski definition) is 2. The average molecular weight is 336 g/mol. The summed E-state index contributed by atoms with van der Waals surface area (Å²) in [5.74, 6) is -1.15. The highest BCUT2D eigenvalue weighted by molar-refractivity contribution is 6.41. The van der Waals surface area contributed by atoms with E-state index in [1.165, 1.54) is 12.1 Å². The Balaban J connectivity index is 2.20. The Bertz CT molecular complexity index is 652. The largest absolute Gasteiger partial charge is 0.275 e. The van der Waals surface area contributed by atoms with Crippen molar-refractivity contribution in [2.24, 2.45) is 5.10 Å². The van der Waals surface area contributed by atoms with E-state index in [-0.39, 0.29) is 15.6 Å². The van der Waals surface area contributed by atoms with Gasteiger partial charge in [-0.2, -0.15) is 5.10 Å². The van der Waals surface area contributed by atoms with Crippen LogP contribution < -0.4 is 5.43 Å². The van der Waals surface area contributed by atoms with Crippen molar-refractivity contribution in [2.45, 2.75) is 0 Å². The Morgan fingerprint density at radius 2 is 1.65 bits per heavy atom. The quantitative estimate of drug-likeness (QED) is 0.592. The summed E-state index contributed by atoms with van der Waals surface area (Å²) in [5, 5.41) is 4.68. The minimum absolute atomic E-state index is 0.00120. The van der Waals surface area contributed by atoms with Crippen LogP contribution in [-0.2, 0) is 0 Å². The highest BCUT2D eigenvalue weighted by Crippen LogP contribution is 2.33. The predicted molar refractivity (Wildman–Crippen MR) is 79.0 cm³/mol. The van der Waals surface area contributed by atoms with Crippen molar-refractivity contribution >= 4 is 46.7 Å². The van der Waals surface area contributed by atoms with Gasteiger partial charge in [0, 0.05) is 10.6 Å². The Morgan fingerprint density at radius 3 is 2.30 bits per heavy atom. The highest BCUT2D eigenvalue weighted by Gasteiger charge is 2.07. The molecule has 0 atom stereocenters. The van der Waals surface area contributed by atoms with Crippen LogP contribution >= 0.6 is 34.8 Å². The zero-order valence-electron chi connectivity index (χ0n) is 9.80. The van der Waals surface area contributed by atoms with Gasteiger partial charge in [-0.3, -0.25) is 5.43 Å². The third-order valence-electron chi connectivity index (χ3n) is 2.34. The Kier molecular flexibility index (Phi) is 4.81. The molecule has 2 nitrogen and oxygen atoms in total. The molecule has 0 aliphatic carbocycles. The van der Waals surface area contributed by atoms with E-state index in [2.05, 4.69) is 10.5 Å². The third kappa shape index (κ3) is 3.60. The van der Waals surface area contributed by atoms with E-state index in [4.69, 9.17) is 34.8 Å². The minimum atomic E-state index is -0.592. The van der Waals surface area contributed by atoms with Crippen LogP contribution in [0.15, 0.2) is 35.4 Å². The Hall–Kier alpha value is -1.36. The average Bonchev–Trinajstić information content (AvgIpc) is 2.36. The van der Waals surface area contributed by atoms with Gasteiger partial charge in [0.15, 0.2) is 0 Å². The molecule has 0 spiro atoms. The van der Waals surface area contributed by atoms with Crippen molar-refractivity contribution in [2.75, 3.05) is 5.43 Å². The lowest BCUT2D eigenvalue weighted by atomic mass is 10.2. The number of rotatable bonds is 3. The lowest BCUT2D eigenvalue weighted by Crippen LogP contribution is -1.95. The summed E-state index contributed by atoms with van der Waals surface area (Å²) in [6.07, 6.45) is 1.12.